The average molecular weight is 448 g/mol. The van der Waals surface area contributed by atoms with Crippen LogP contribution in [0.1, 0.15) is 53.2 Å². The number of nitrogens with zero attached hydrogens (tertiary/aromatic N) is 3. The number of benzene rings is 2. The molecule has 0 spiro atoms. The quantitative estimate of drug-likeness (QED) is 0.581. The van der Waals surface area contributed by atoms with Crippen molar-refractivity contribution in [2.75, 3.05) is 40.8 Å². The summed E-state index contributed by atoms with van der Waals surface area (Å²) < 4.78 is 5.58. The van der Waals surface area contributed by atoms with Crippen molar-refractivity contribution in [1.29, 1.82) is 0 Å². The van der Waals surface area contributed by atoms with Crippen molar-refractivity contribution in [1.82, 2.24) is 14.7 Å². The third-order valence-electron chi connectivity index (χ3n) is 7.14. The van der Waals surface area contributed by atoms with Crippen LogP contribution in [0.3, 0.4) is 0 Å². The Balaban J connectivity index is 1.76. The predicted molar refractivity (Wildman–Crippen MR) is 134 cm³/mol. The van der Waals surface area contributed by atoms with E-state index in [9.17, 15) is 4.79 Å². The molecule has 1 amide bonds. The number of hydrogen-bond acceptors (Lipinski definition) is 4. The Kier molecular flexibility index (Phi) is 7.51. The maximum Gasteiger partial charge on any atom is 0.253 e. The highest BCUT2D eigenvalue weighted by Crippen LogP contribution is 2.40. The number of hydrogen-bond donors (Lipinski definition) is 0. The van der Waals surface area contributed by atoms with Gasteiger partial charge in [0.05, 0.1) is 13.2 Å². The van der Waals surface area contributed by atoms with Crippen LogP contribution in [0.4, 0.5) is 0 Å². The first-order valence-electron chi connectivity index (χ1n) is 12.1. The highest BCUT2D eigenvalue weighted by atomic mass is 16.5. The molecule has 2 heterocycles. The van der Waals surface area contributed by atoms with E-state index in [2.05, 4.69) is 46.7 Å². The summed E-state index contributed by atoms with van der Waals surface area (Å²) in [7, 11) is 5.31. The predicted octanol–water partition coefficient (Wildman–Crippen LogP) is 4.60. The molecule has 2 aliphatic heterocycles. The molecule has 2 aromatic rings. The molecule has 3 atom stereocenters. The van der Waals surface area contributed by atoms with E-state index in [0.29, 0.717) is 12.1 Å². The summed E-state index contributed by atoms with van der Waals surface area (Å²) in [5.41, 5.74) is 3.20. The van der Waals surface area contributed by atoms with E-state index in [1.807, 2.05) is 24.3 Å². The first kappa shape index (κ1) is 23.5. The third-order valence-corrected chi connectivity index (χ3v) is 7.14. The van der Waals surface area contributed by atoms with E-state index in [1.165, 1.54) is 36.8 Å². The van der Waals surface area contributed by atoms with Crippen molar-refractivity contribution in [3.63, 3.8) is 0 Å². The first-order chi connectivity index (χ1) is 16.0. The molecule has 5 nitrogen and oxygen atoms in total. The fraction of sp³-hybridized carbons (Fsp3) is 0.464. The number of amides is 1. The second kappa shape index (κ2) is 10.5. The number of methoxy groups -OCH3 is 1. The molecular weight excluding hydrogens is 410 g/mol. The van der Waals surface area contributed by atoms with Crippen molar-refractivity contribution >= 4 is 5.91 Å². The van der Waals surface area contributed by atoms with Gasteiger partial charge < -0.3 is 9.64 Å². The number of fused-ring (bicyclic) bond motifs is 2. The van der Waals surface area contributed by atoms with Gasteiger partial charge in [0.15, 0.2) is 0 Å². The molecule has 2 saturated heterocycles. The fourth-order valence-electron chi connectivity index (χ4n) is 5.57. The van der Waals surface area contributed by atoms with E-state index in [1.54, 1.807) is 26.1 Å². The molecule has 2 aromatic carbocycles. The Morgan fingerprint density at radius 1 is 1.12 bits per heavy atom. The molecule has 0 aromatic heterocycles. The summed E-state index contributed by atoms with van der Waals surface area (Å²) >= 11 is 0. The highest BCUT2D eigenvalue weighted by molar-refractivity contribution is 5.93. The van der Waals surface area contributed by atoms with E-state index in [-0.39, 0.29) is 11.9 Å². The molecule has 4 rings (SSSR count). The van der Waals surface area contributed by atoms with Crippen LogP contribution in [0.25, 0.3) is 0 Å². The van der Waals surface area contributed by atoms with Gasteiger partial charge in [0, 0.05) is 51.4 Å². The van der Waals surface area contributed by atoms with Crippen molar-refractivity contribution in [3.8, 4) is 5.75 Å². The van der Waals surface area contributed by atoms with Gasteiger partial charge in [0.25, 0.3) is 5.91 Å². The molecule has 0 saturated carbocycles. The van der Waals surface area contributed by atoms with Gasteiger partial charge in [-0.2, -0.15) is 0 Å². The fourth-order valence-corrected chi connectivity index (χ4v) is 5.57. The summed E-state index contributed by atoms with van der Waals surface area (Å²) in [6.07, 6.45) is 6.93. The van der Waals surface area contributed by atoms with E-state index < -0.39 is 0 Å². The van der Waals surface area contributed by atoms with Crippen molar-refractivity contribution in [3.05, 3.63) is 77.9 Å². The first-order valence-corrected chi connectivity index (χ1v) is 12.1. The molecule has 0 radical (unpaired) electrons. The zero-order valence-corrected chi connectivity index (χ0v) is 20.2. The van der Waals surface area contributed by atoms with Gasteiger partial charge in [0.2, 0.25) is 0 Å². The lowest BCUT2D eigenvalue weighted by atomic mass is 9.87. The van der Waals surface area contributed by atoms with Crippen LogP contribution in [0.5, 0.6) is 5.75 Å². The average Bonchev–Trinajstić information content (AvgIpc) is 2.92. The van der Waals surface area contributed by atoms with E-state index in [0.717, 1.165) is 30.9 Å². The molecule has 3 unspecified atom stereocenters. The Bertz CT molecular complexity index is 956. The summed E-state index contributed by atoms with van der Waals surface area (Å²) in [5.74, 6) is 0.913. The lowest BCUT2D eigenvalue weighted by molar-refractivity contribution is 0.0562. The lowest BCUT2D eigenvalue weighted by Crippen LogP contribution is -2.50. The molecule has 2 fully saturated rings. The van der Waals surface area contributed by atoms with Crippen molar-refractivity contribution < 1.29 is 9.53 Å². The van der Waals surface area contributed by atoms with E-state index in [4.69, 9.17) is 4.74 Å². The molecule has 5 heteroatoms. The van der Waals surface area contributed by atoms with Gasteiger partial charge in [-0.1, -0.05) is 36.8 Å². The number of rotatable bonds is 7. The van der Waals surface area contributed by atoms with Crippen LogP contribution in [0.2, 0.25) is 0 Å². The van der Waals surface area contributed by atoms with Crippen LogP contribution in [0, 0.1) is 0 Å². The van der Waals surface area contributed by atoms with Crippen LogP contribution >= 0.6 is 0 Å². The molecule has 33 heavy (non-hydrogen) atoms. The standard InChI is InChI=1S/C28H37N3O2/c1-5-17-30-18-16-24-9-7-10-25(20-30)31(24)27(23-8-6-11-26(19-23)33-4)21-12-14-22(15-13-21)28(32)29(2)3/h5-6,8,11-15,19,24-25,27H,1,7,9-10,16-18,20H2,2-4H3. The zero-order chi connectivity index (χ0) is 23.4. The van der Waals surface area contributed by atoms with Gasteiger partial charge in [-0.15, -0.1) is 6.58 Å². The number of carbonyl (C=O) groups is 1. The summed E-state index contributed by atoms with van der Waals surface area (Å²) in [5, 5.41) is 0. The van der Waals surface area contributed by atoms with Crippen LogP contribution in [0.15, 0.2) is 61.2 Å². The Morgan fingerprint density at radius 3 is 2.58 bits per heavy atom. The largest absolute Gasteiger partial charge is 0.497 e. The third kappa shape index (κ3) is 5.15. The van der Waals surface area contributed by atoms with Crippen molar-refractivity contribution in [2.45, 2.75) is 43.8 Å². The molecule has 2 bridgehead atoms. The van der Waals surface area contributed by atoms with Gasteiger partial charge in [-0.25, -0.2) is 0 Å². The highest BCUT2D eigenvalue weighted by Gasteiger charge is 2.39. The molecular formula is C28H37N3O2. The normalized spacial score (nSPS) is 22.3. The van der Waals surface area contributed by atoms with Crippen LogP contribution < -0.4 is 4.74 Å². The van der Waals surface area contributed by atoms with Crippen molar-refractivity contribution in [2.24, 2.45) is 0 Å². The lowest BCUT2D eigenvalue weighted by Gasteiger charge is -2.46. The van der Waals surface area contributed by atoms with E-state index >= 15 is 0 Å². The zero-order valence-electron chi connectivity index (χ0n) is 20.2. The SMILES string of the molecule is C=CCN1CCC2CCCC(C1)N2C(c1ccc(C(=O)N(C)C)cc1)c1cccc(OC)c1. The van der Waals surface area contributed by atoms with Gasteiger partial charge in [0.1, 0.15) is 5.75 Å². The molecule has 0 N–H and O–H groups in total. The Morgan fingerprint density at radius 2 is 1.88 bits per heavy atom. The second-order valence-electron chi connectivity index (χ2n) is 9.52. The smallest absolute Gasteiger partial charge is 0.253 e. The molecule has 0 aliphatic carbocycles. The van der Waals surface area contributed by atoms with Gasteiger partial charge in [-0.05, 0) is 54.7 Å². The number of ether oxygens (including phenoxy) is 1. The van der Waals surface area contributed by atoms with Crippen LogP contribution in [-0.4, -0.2) is 73.5 Å². The molecule has 2 aliphatic rings. The Labute approximate surface area is 198 Å². The minimum Gasteiger partial charge on any atom is -0.497 e. The monoisotopic (exact) mass is 447 g/mol. The number of carbonyl (C=O) groups excluding carboxylic acids is 1. The summed E-state index contributed by atoms with van der Waals surface area (Å²) in [6, 6.07) is 17.9. The summed E-state index contributed by atoms with van der Waals surface area (Å²) in [6.45, 7) is 7.11. The minimum atomic E-state index is 0.0335. The van der Waals surface area contributed by atoms with Crippen LogP contribution in [-0.2, 0) is 0 Å². The maximum absolute atomic E-state index is 12.5. The maximum atomic E-state index is 12.5. The summed E-state index contributed by atoms with van der Waals surface area (Å²) in [4.78, 5) is 19.4. The minimum absolute atomic E-state index is 0.0335. The second-order valence-corrected chi connectivity index (χ2v) is 9.52. The topological polar surface area (TPSA) is 36.0 Å². The number of piperidine rings is 1. The Hall–Kier alpha value is -2.63. The van der Waals surface area contributed by atoms with Gasteiger partial charge in [-0.3, -0.25) is 14.6 Å². The molecule has 176 valence electrons. The van der Waals surface area contributed by atoms with Gasteiger partial charge >= 0.3 is 0 Å².